The number of nitrogens with one attached hydrogen (secondary N) is 2. The molecule has 29 heavy (non-hydrogen) atoms. The molecule has 2 heterocycles. The van der Waals surface area contributed by atoms with Crippen LogP contribution in [0.4, 0.5) is 5.82 Å². The molecule has 2 amide bonds. The van der Waals surface area contributed by atoms with Gasteiger partial charge in [0.15, 0.2) is 0 Å². The van der Waals surface area contributed by atoms with Crippen LogP contribution in [0, 0.1) is 5.92 Å². The van der Waals surface area contributed by atoms with Gasteiger partial charge in [-0.3, -0.25) is 9.59 Å². The van der Waals surface area contributed by atoms with Crippen LogP contribution < -0.4 is 10.6 Å². The Labute approximate surface area is 170 Å². The Balaban J connectivity index is 1.49. The number of carbonyl (C=O) groups is 2. The molecule has 1 fully saturated rings. The van der Waals surface area contributed by atoms with E-state index in [9.17, 15) is 18.0 Å². The monoisotopic (exact) mass is 416 g/mol. The Hall–Kier alpha value is -2.78. The maximum atomic E-state index is 12.8. The maximum Gasteiger partial charge on any atom is 0.243 e. The van der Waals surface area contributed by atoms with E-state index in [2.05, 4.69) is 15.6 Å². The van der Waals surface area contributed by atoms with Gasteiger partial charge in [-0.2, -0.15) is 4.31 Å². The van der Waals surface area contributed by atoms with E-state index in [1.54, 1.807) is 54.7 Å². The molecule has 0 saturated carbocycles. The lowest BCUT2D eigenvalue weighted by Crippen LogP contribution is -2.45. The number of nitrogens with zero attached hydrogens (tertiary/aromatic N) is 2. The van der Waals surface area contributed by atoms with Gasteiger partial charge in [-0.25, -0.2) is 13.4 Å². The second kappa shape index (κ2) is 9.62. The van der Waals surface area contributed by atoms with Crippen molar-refractivity contribution in [3.05, 3.63) is 54.7 Å². The summed E-state index contributed by atoms with van der Waals surface area (Å²) in [5, 5.41) is 5.39. The van der Waals surface area contributed by atoms with Gasteiger partial charge < -0.3 is 10.6 Å². The number of rotatable bonds is 7. The van der Waals surface area contributed by atoms with Crippen molar-refractivity contribution in [2.45, 2.75) is 24.2 Å². The van der Waals surface area contributed by atoms with Crippen LogP contribution in [0.1, 0.15) is 19.3 Å². The molecule has 0 spiro atoms. The van der Waals surface area contributed by atoms with Gasteiger partial charge in [-0.05, 0) is 37.1 Å². The van der Waals surface area contributed by atoms with E-state index in [4.69, 9.17) is 0 Å². The highest BCUT2D eigenvalue weighted by Gasteiger charge is 2.33. The number of pyridine rings is 1. The fraction of sp³-hybridized carbons (Fsp3) is 0.350. The minimum Gasteiger partial charge on any atom is -0.355 e. The van der Waals surface area contributed by atoms with Crippen molar-refractivity contribution in [1.29, 1.82) is 0 Å². The molecular weight excluding hydrogens is 392 g/mol. The summed E-state index contributed by atoms with van der Waals surface area (Å²) in [4.78, 5) is 28.6. The molecule has 1 aliphatic rings. The molecule has 1 atom stereocenters. The average Bonchev–Trinajstić information content (AvgIpc) is 2.75. The van der Waals surface area contributed by atoms with Crippen LogP contribution in [0.3, 0.4) is 0 Å². The molecule has 0 aliphatic carbocycles. The van der Waals surface area contributed by atoms with Crippen LogP contribution in [0.2, 0.25) is 0 Å². The lowest BCUT2D eigenvalue weighted by atomic mass is 9.99. The number of aromatic nitrogens is 1. The van der Waals surface area contributed by atoms with Gasteiger partial charge in [0, 0.05) is 32.3 Å². The van der Waals surface area contributed by atoms with Crippen molar-refractivity contribution >= 4 is 27.7 Å². The first-order valence-corrected chi connectivity index (χ1v) is 10.9. The number of benzene rings is 1. The molecule has 2 aromatic rings. The van der Waals surface area contributed by atoms with Gasteiger partial charge >= 0.3 is 0 Å². The normalized spacial score (nSPS) is 17.4. The van der Waals surface area contributed by atoms with Gasteiger partial charge in [-0.15, -0.1) is 0 Å². The van der Waals surface area contributed by atoms with Crippen LogP contribution in [0.5, 0.6) is 0 Å². The van der Waals surface area contributed by atoms with Gasteiger partial charge in [0.1, 0.15) is 5.82 Å². The molecule has 1 aromatic heterocycles. The first kappa shape index (κ1) is 20.9. The van der Waals surface area contributed by atoms with Gasteiger partial charge in [0.2, 0.25) is 21.8 Å². The maximum absolute atomic E-state index is 12.8. The Bertz CT molecular complexity index is 935. The minimum atomic E-state index is -3.61. The highest BCUT2D eigenvalue weighted by molar-refractivity contribution is 7.89. The zero-order valence-corrected chi connectivity index (χ0v) is 16.8. The van der Waals surface area contributed by atoms with E-state index in [1.807, 2.05) is 0 Å². The summed E-state index contributed by atoms with van der Waals surface area (Å²) in [6.45, 7) is 0.718. The molecule has 0 unspecified atom stereocenters. The first-order chi connectivity index (χ1) is 14.0. The predicted octanol–water partition coefficient (Wildman–Crippen LogP) is 1.63. The first-order valence-electron chi connectivity index (χ1n) is 9.50. The lowest BCUT2D eigenvalue weighted by Gasteiger charge is -2.31. The second-order valence-corrected chi connectivity index (χ2v) is 8.76. The molecule has 1 aromatic carbocycles. The van der Waals surface area contributed by atoms with E-state index >= 15 is 0 Å². The number of hydrogen-bond acceptors (Lipinski definition) is 5. The van der Waals surface area contributed by atoms with Gasteiger partial charge in [-0.1, -0.05) is 24.3 Å². The fourth-order valence-electron chi connectivity index (χ4n) is 3.20. The fourth-order valence-corrected chi connectivity index (χ4v) is 4.75. The Kier molecular flexibility index (Phi) is 6.95. The zero-order valence-electron chi connectivity index (χ0n) is 16.0. The summed E-state index contributed by atoms with van der Waals surface area (Å²) in [5.74, 6) is -0.455. The van der Waals surface area contributed by atoms with Crippen molar-refractivity contribution in [1.82, 2.24) is 14.6 Å². The highest BCUT2D eigenvalue weighted by atomic mass is 32.2. The molecule has 0 bridgehead atoms. The number of hydrogen-bond donors (Lipinski definition) is 2. The van der Waals surface area contributed by atoms with E-state index in [0.717, 1.165) is 0 Å². The third-order valence-electron chi connectivity index (χ3n) is 4.72. The lowest BCUT2D eigenvalue weighted by molar-refractivity contribution is -0.126. The van der Waals surface area contributed by atoms with Gasteiger partial charge in [0.05, 0.1) is 10.8 Å². The summed E-state index contributed by atoms with van der Waals surface area (Å²) in [6, 6.07) is 13.4. The molecule has 0 radical (unpaired) electrons. The molecule has 8 nitrogen and oxygen atoms in total. The van der Waals surface area contributed by atoms with Crippen molar-refractivity contribution in [3.8, 4) is 0 Å². The quantitative estimate of drug-likeness (QED) is 0.713. The summed E-state index contributed by atoms with van der Waals surface area (Å²) in [7, 11) is -3.61. The third kappa shape index (κ3) is 5.61. The highest BCUT2D eigenvalue weighted by Crippen LogP contribution is 2.23. The molecular formula is C20H24N4O4S. The number of piperidine rings is 1. The molecule has 1 aliphatic heterocycles. The van der Waals surface area contributed by atoms with Crippen LogP contribution >= 0.6 is 0 Å². The largest absolute Gasteiger partial charge is 0.355 e. The topological polar surface area (TPSA) is 108 Å². The summed E-state index contributed by atoms with van der Waals surface area (Å²) >= 11 is 0. The zero-order chi connectivity index (χ0) is 20.7. The van der Waals surface area contributed by atoms with Crippen molar-refractivity contribution in [2.75, 3.05) is 25.0 Å². The van der Waals surface area contributed by atoms with Crippen molar-refractivity contribution in [3.63, 3.8) is 0 Å². The van der Waals surface area contributed by atoms with E-state index < -0.39 is 15.9 Å². The summed E-state index contributed by atoms with van der Waals surface area (Å²) in [6.07, 6.45) is 2.92. The van der Waals surface area contributed by atoms with Crippen LogP contribution in [0.15, 0.2) is 59.6 Å². The predicted molar refractivity (Wildman–Crippen MR) is 108 cm³/mol. The second-order valence-electron chi connectivity index (χ2n) is 6.82. The minimum absolute atomic E-state index is 0.112. The van der Waals surface area contributed by atoms with Crippen LogP contribution in [-0.2, 0) is 19.6 Å². The van der Waals surface area contributed by atoms with Crippen molar-refractivity contribution < 1.29 is 18.0 Å². The Morgan fingerprint density at radius 1 is 1.10 bits per heavy atom. The smallest absolute Gasteiger partial charge is 0.243 e. The average molecular weight is 417 g/mol. The Morgan fingerprint density at radius 2 is 1.86 bits per heavy atom. The Morgan fingerprint density at radius 3 is 2.59 bits per heavy atom. The summed E-state index contributed by atoms with van der Waals surface area (Å²) in [5.41, 5.74) is 0. The van der Waals surface area contributed by atoms with Crippen LogP contribution in [-0.4, -0.2) is 49.2 Å². The van der Waals surface area contributed by atoms with E-state index in [1.165, 1.54) is 4.31 Å². The number of sulfonamides is 1. The standard InChI is InChI=1S/C20H24N4O4S/c25-19(23-18-10-4-5-12-21-18)11-13-22-20(26)16-7-6-14-24(15-16)29(27,28)17-8-2-1-3-9-17/h1-5,8-10,12,16H,6-7,11,13-15H2,(H,22,26)(H,21,23,25)/t16-/m0/s1. The molecule has 154 valence electrons. The molecule has 2 N–H and O–H groups in total. The van der Waals surface area contributed by atoms with Gasteiger partial charge in [0.25, 0.3) is 0 Å². The SMILES string of the molecule is O=C(CCNC(=O)[C@H]1CCCN(S(=O)(=O)c2ccccc2)C1)Nc1ccccn1. The van der Waals surface area contributed by atoms with E-state index in [-0.39, 0.29) is 36.2 Å². The van der Waals surface area contributed by atoms with E-state index in [0.29, 0.717) is 25.2 Å². The molecule has 3 rings (SSSR count). The van der Waals surface area contributed by atoms with Crippen LogP contribution in [0.25, 0.3) is 0 Å². The van der Waals surface area contributed by atoms with Crippen molar-refractivity contribution in [2.24, 2.45) is 5.92 Å². The number of anilines is 1. The number of carbonyl (C=O) groups excluding carboxylic acids is 2. The summed E-state index contributed by atoms with van der Waals surface area (Å²) < 4.78 is 26.9. The molecule has 1 saturated heterocycles. The molecule has 9 heteroatoms. The third-order valence-corrected chi connectivity index (χ3v) is 6.60. The number of amides is 2.